The number of aliphatic hydroxyl groups is 1. The first-order valence-corrected chi connectivity index (χ1v) is 19.2. The van der Waals surface area contributed by atoms with Crippen molar-refractivity contribution in [1.82, 2.24) is 10.2 Å². The average Bonchev–Trinajstić information content (AvgIpc) is 3.56. The number of nitrogens with zero attached hydrogens (tertiary/aromatic N) is 2. The summed E-state index contributed by atoms with van der Waals surface area (Å²) in [6.45, 7) is 3.93. The first kappa shape index (κ1) is 37.3. The number of para-hydroxylation sites is 1. The summed E-state index contributed by atoms with van der Waals surface area (Å²) in [7, 11) is 0. The third-order valence-electron chi connectivity index (χ3n) is 11.4. The van der Waals surface area contributed by atoms with Gasteiger partial charge in [-0.05, 0) is 72.9 Å². The molecule has 0 radical (unpaired) electrons. The van der Waals surface area contributed by atoms with Crippen LogP contribution in [0.4, 0.5) is 11.4 Å². The van der Waals surface area contributed by atoms with E-state index in [1.54, 1.807) is 36.4 Å². The van der Waals surface area contributed by atoms with Crippen molar-refractivity contribution >= 4 is 29.0 Å². The quantitative estimate of drug-likeness (QED) is 0.131. The molecule has 3 saturated heterocycles. The number of hydrogen-bond acceptors (Lipinski definition) is 8. The molecular weight excluding hydrogens is 705 g/mol. The third kappa shape index (κ3) is 7.61. The van der Waals surface area contributed by atoms with Crippen LogP contribution in [-0.2, 0) is 20.9 Å². The van der Waals surface area contributed by atoms with E-state index in [-0.39, 0.29) is 36.2 Å². The van der Waals surface area contributed by atoms with E-state index in [0.717, 1.165) is 22.4 Å². The number of Topliss-reactive ketones (excluding diaryl/α,β-unsaturated/α-hetero) is 1. The molecule has 1 spiro atoms. The topological polar surface area (TPSA) is 120 Å². The SMILES string of the molecule is CC(=O)c1cccc(NC(=O)c2cccc(C3OC(CN4CCC5(CC4)C(=O)NCN5c4ccccc4)C(c4ccccc4)C(c4ccc(CO)cc4)O3)c2)c1. The molecule has 4 atom stereocenters. The average molecular weight is 751 g/mol. The van der Waals surface area contributed by atoms with E-state index in [4.69, 9.17) is 9.47 Å². The van der Waals surface area contributed by atoms with Crippen molar-refractivity contribution in [3.63, 3.8) is 0 Å². The molecule has 0 bridgehead atoms. The Bertz CT molecular complexity index is 2170. The summed E-state index contributed by atoms with van der Waals surface area (Å²) in [5, 5.41) is 15.9. The zero-order valence-electron chi connectivity index (χ0n) is 31.3. The summed E-state index contributed by atoms with van der Waals surface area (Å²) in [5.41, 5.74) is 5.42. The second-order valence-electron chi connectivity index (χ2n) is 14.9. The fourth-order valence-corrected chi connectivity index (χ4v) is 8.40. The van der Waals surface area contributed by atoms with Gasteiger partial charge in [0.05, 0.1) is 25.5 Å². The zero-order valence-corrected chi connectivity index (χ0v) is 31.3. The van der Waals surface area contributed by atoms with Crippen molar-refractivity contribution in [2.75, 3.05) is 36.5 Å². The number of carbonyl (C=O) groups is 3. The second kappa shape index (κ2) is 16.2. The van der Waals surface area contributed by atoms with E-state index >= 15 is 0 Å². The van der Waals surface area contributed by atoms with Gasteiger partial charge in [0.1, 0.15) is 5.54 Å². The van der Waals surface area contributed by atoms with Crippen LogP contribution in [0.5, 0.6) is 0 Å². The number of ketones is 1. The molecule has 3 N–H and O–H groups in total. The molecular formula is C46H46N4O6. The number of benzene rings is 5. The molecule has 3 aliphatic rings. The van der Waals surface area contributed by atoms with Crippen LogP contribution in [0.2, 0.25) is 0 Å². The van der Waals surface area contributed by atoms with Crippen molar-refractivity contribution in [2.45, 2.75) is 56.3 Å². The normalized spacial score (nSPS) is 22.1. The van der Waals surface area contributed by atoms with E-state index in [1.165, 1.54) is 6.92 Å². The Kier molecular flexibility index (Phi) is 10.8. The highest BCUT2D eigenvalue weighted by Gasteiger charge is 2.51. The second-order valence-corrected chi connectivity index (χ2v) is 14.9. The van der Waals surface area contributed by atoms with E-state index in [2.05, 4.69) is 44.7 Å². The van der Waals surface area contributed by atoms with Crippen molar-refractivity contribution in [3.05, 3.63) is 167 Å². The van der Waals surface area contributed by atoms with Crippen LogP contribution in [0.15, 0.2) is 133 Å². The predicted octanol–water partition coefficient (Wildman–Crippen LogP) is 7.00. The monoisotopic (exact) mass is 750 g/mol. The van der Waals surface area contributed by atoms with Crippen LogP contribution in [0.25, 0.3) is 0 Å². The highest BCUT2D eigenvalue weighted by Crippen LogP contribution is 2.47. The van der Waals surface area contributed by atoms with Gasteiger partial charge < -0.3 is 35.0 Å². The lowest BCUT2D eigenvalue weighted by Gasteiger charge is -2.47. The van der Waals surface area contributed by atoms with Crippen molar-refractivity contribution in [3.8, 4) is 0 Å². The number of rotatable bonds is 10. The van der Waals surface area contributed by atoms with Gasteiger partial charge in [-0.15, -0.1) is 0 Å². The fourth-order valence-electron chi connectivity index (χ4n) is 8.40. The van der Waals surface area contributed by atoms with Gasteiger partial charge in [-0.1, -0.05) is 97.1 Å². The molecule has 3 fully saturated rings. The van der Waals surface area contributed by atoms with Gasteiger partial charge in [0, 0.05) is 53.6 Å². The van der Waals surface area contributed by atoms with Crippen molar-refractivity contribution in [2.24, 2.45) is 0 Å². The lowest BCUT2D eigenvalue weighted by Crippen LogP contribution is -2.57. The first-order valence-electron chi connectivity index (χ1n) is 19.2. The Balaban J connectivity index is 1.09. The van der Waals surface area contributed by atoms with Gasteiger partial charge in [0.25, 0.3) is 5.91 Å². The Morgan fingerprint density at radius 3 is 2.18 bits per heavy atom. The molecule has 3 heterocycles. The largest absolute Gasteiger partial charge is 0.392 e. The minimum absolute atomic E-state index is 0.0631. The summed E-state index contributed by atoms with van der Waals surface area (Å²) >= 11 is 0. The molecule has 10 nitrogen and oxygen atoms in total. The fraction of sp³-hybridized carbons (Fsp3) is 0.283. The van der Waals surface area contributed by atoms with Gasteiger partial charge in [-0.25, -0.2) is 0 Å². The first-order chi connectivity index (χ1) is 27.3. The Morgan fingerprint density at radius 2 is 1.46 bits per heavy atom. The molecule has 0 aliphatic carbocycles. The molecule has 0 aromatic heterocycles. The van der Waals surface area contributed by atoms with Gasteiger partial charge >= 0.3 is 0 Å². The number of carbonyl (C=O) groups excluding carboxylic acids is 3. The van der Waals surface area contributed by atoms with Gasteiger partial charge in [0.15, 0.2) is 12.1 Å². The number of ether oxygens (including phenoxy) is 2. The van der Waals surface area contributed by atoms with Crippen molar-refractivity contribution < 1.29 is 29.0 Å². The van der Waals surface area contributed by atoms with Crippen LogP contribution in [0.3, 0.4) is 0 Å². The van der Waals surface area contributed by atoms with Crippen molar-refractivity contribution in [1.29, 1.82) is 0 Å². The number of aliphatic hydroxyl groups excluding tert-OH is 1. The molecule has 5 aromatic carbocycles. The molecule has 5 aromatic rings. The number of likely N-dealkylation sites (tertiary alicyclic amines) is 1. The Hall–Kier alpha value is -5.65. The summed E-state index contributed by atoms with van der Waals surface area (Å²) in [6, 6.07) is 42.4. The van der Waals surface area contributed by atoms with E-state index in [1.807, 2.05) is 72.8 Å². The van der Waals surface area contributed by atoms with E-state index < -0.39 is 17.9 Å². The highest BCUT2D eigenvalue weighted by molar-refractivity contribution is 6.05. The van der Waals surface area contributed by atoms with E-state index in [0.29, 0.717) is 61.5 Å². The molecule has 2 amide bonds. The number of nitrogens with one attached hydrogen (secondary N) is 2. The maximum atomic E-state index is 13.5. The molecule has 10 heteroatoms. The summed E-state index contributed by atoms with van der Waals surface area (Å²) in [4.78, 5) is 43.6. The minimum atomic E-state index is -0.804. The lowest BCUT2D eigenvalue weighted by molar-refractivity contribution is -0.264. The maximum Gasteiger partial charge on any atom is 0.255 e. The van der Waals surface area contributed by atoms with Gasteiger partial charge in [-0.2, -0.15) is 0 Å². The van der Waals surface area contributed by atoms with Crippen LogP contribution in [0, 0.1) is 0 Å². The molecule has 4 unspecified atom stereocenters. The number of piperidine rings is 1. The molecule has 3 aliphatic heterocycles. The van der Waals surface area contributed by atoms with E-state index in [9.17, 15) is 19.5 Å². The lowest BCUT2D eigenvalue weighted by atomic mass is 9.82. The molecule has 0 saturated carbocycles. The van der Waals surface area contributed by atoms with Crippen LogP contribution >= 0.6 is 0 Å². The Labute approximate surface area is 327 Å². The molecule has 286 valence electrons. The Morgan fingerprint density at radius 1 is 0.786 bits per heavy atom. The third-order valence-corrected chi connectivity index (χ3v) is 11.4. The zero-order chi connectivity index (χ0) is 38.6. The smallest absolute Gasteiger partial charge is 0.255 e. The summed E-state index contributed by atoms with van der Waals surface area (Å²) in [5.74, 6) is -0.520. The maximum absolute atomic E-state index is 13.5. The summed E-state index contributed by atoms with van der Waals surface area (Å²) < 4.78 is 13.9. The molecule has 8 rings (SSSR count). The van der Waals surface area contributed by atoms with Crippen LogP contribution in [0.1, 0.15) is 81.0 Å². The molecule has 56 heavy (non-hydrogen) atoms. The van der Waals surface area contributed by atoms with Crippen LogP contribution in [-0.4, -0.2) is 65.5 Å². The predicted molar refractivity (Wildman–Crippen MR) is 214 cm³/mol. The van der Waals surface area contributed by atoms with Crippen LogP contribution < -0.4 is 15.5 Å². The summed E-state index contributed by atoms with van der Waals surface area (Å²) in [6.07, 6.45) is -0.209. The minimum Gasteiger partial charge on any atom is -0.392 e. The standard InChI is InChI=1S/C46H46N4O6/c1-31(52)35-12-9-15-38(27-35)48-43(53)36-13-8-14-37(26-36)44-55-40(41(33-10-4-2-5-11-33)42(56-44)34-20-18-32(29-51)19-21-34)28-49-24-22-46(23-25-49)45(54)47-30-50(46)39-16-6-3-7-17-39/h2-21,26-27,40-42,44,51H,22-25,28-30H2,1H3,(H,47,54)(H,48,53). The number of amides is 2. The van der Waals surface area contributed by atoms with Gasteiger partial charge in [-0.3, -0.25) is 14.4 Å². The highest BCUT2D eigenvalue weighted by atomic mass is 16.7. The van der Waals surface area contributed by atoms with Gasteiger partial charge in [0.2, 0.25) is 5.91 Å². The number of hydrogen-bond donors (Lipinski definition) is 3. The number of anilines is 2.